The quantitative estimate of drug-likeness (QED) is 0.721. The van der Waals surface area contributed by atoms with Gasteiger partial charge < -0.3 is 26.5 Å². The van der Waals surface area contributed by atoms with E-state index in [1.54, 1.807) is 5.48 Å². The van der Waals surface area contributed by atoms with E-state index in [9.17, 15) is 5.21 Å². The van der Waals surface area contributed by atoms with Gasteiger partial charge in [0.1, 0.15) is 5.69 Å². The Morgan fingerprint density at radius 3 is 2.47 bits per heavy atom. The molecule has 0 aliphatic rings. The van der Waals surface area contributed by atoms with Crippen LogP contribution in [0, 0.1) is 12.1 Å². The maximum atomic E-state index is 11.0. The largest absolute Gasteiger partial charge is 0.761 e. The van der Waals surface area contributed by atoms with E-state index in [0.29, 0.717) is 0 Å². The molecule has 1 heterocycles. The van der Waals surface area contributed by atoms with E-state index >= 15 is 0 Å². The first kappa shape index (κ1) is 12.9. The summed E-state index contributed by atoms with van der Waals surface area (Å²) in [5.41, 5.74) is 9.34. The Labute approximate surface area is 110 Å². The third-order valence-electron chi connectivity index (χ3n) is 2.50. The van der Waals surface area contributed by atoms with Crippen LogP contribution in [0.5, 0.6) is 5.88 Å². The zero-order valence-electron chi connectivity index (χ0n) is 10.6. The summed E-state index contributed by atoms with van der Waals surface area (Å²) in [6, 6.07) is 7.62. The molecule has 4 N–H and O–H groups in total. The van der Waals surface area contributed by atoms with E-state index in [1.807, 2.05) is 31.2 Å². The van der Waals surface area contributed by atoms with Gasteiger partial charge in [-0.2, -0.15) is 9.97 Å². The van der Waals surface area contributed by atoms with Gasteiger partial charge in [-0.3, -0.25) is 0 Å². The van der Waals surface area contributed by atoms with Crippen LogP contribution in [-0.4, -0.2) is 17.1 Å². The molecule has 7 heteroatoms. The van der Waals surface area contributed by atoms with Crippen LogP contribution in [0.2, 0.25) is 0 Å². The molecular formula is C12H14N5O2-. The molecule has 100 valence electrons. The lowest BCUT2D eigenvalue weighted by Gasteiger charge is -2.18. The molecule has 0 unspecified atom stereocenters. The maximum Gasteiger partial charge on any atom is 0.243 e. The number of hydrogen-bond donors (Lipinski definition) is 3. The molecule has 0 aliphatic carbocycles. The molecule has 7 nitrogen and oxygen atoms in total. The van der Waals surface area contributed by atoms with E-state index < -0.39 is 0 Å². The molecule has 2 rings (SSSR count). The number of nitrogens with one attached hydrogen (secondary N) is 2. The highest BCUT2D eigenvalue weighted by atomic mass is 16.5. The molecule has 0 fully saturated rings. The van der Waals surface area contributed by atoms with E-state index in [0.717, 1.165) is 11.3 Å². The maximum absolute atomic E-state index is 11.0. The summed E-state index contributed by atoms with van der Waals surface area (Å²) in [7, 11) is 1.40. The predicted octanol–water partition coefficient (Wildman–Crippen LogP) is 2.03. The second-order valence-corrected chi connectivity index (χ2v) is 3.91. The molecule has 0 saturated carbocycles. The lowest BCUT2D eigenvalue weighted by Crippen LogP contribution is -2.06. The van der Waals surface area contributed by atoms with Gasteiger partial charge in [0.25, 0.3) is 0 Å². The molecule has 1 aromatic carbocycles. The number of hydrogen-bond acceptors (Lipinski definition) is 7. The van der Waals surface area contributed by atoms with Crippen LogP contribution in [0.4, 0.5) is 23.1 Å². The fraction of sp³-hybridized carbons (Fsp3) is 0.167. The van der Waals surface area contributed by atoms with Crippen molar-refractivity contribution in [2.45, 2.75) is 6.92 Å². The fourth-order valence-corrected chi connectivity index (χ4v) is 1.56. The van der Waals surface area contributed by atoms with Crippen LogP contribution in [-0.2, 0) is 0 Å². The Bertz CT molecular complexity index is 571. The first-order valence-corrected chi connectivity index (χ1v) is 5.57. The van der Waals surface area contributed by atoms with Crippen molar-refractivity contribution in [3.05, 3.63) is 35.0 Å². The zero-order valence-corrected chi connectivity index (χ0v) is 10.6. The van der Waals surface area contributed by atoms with Gasteiger partial charge in [-0.05, 0) is 19.1 Å². The SMILES string of the molecule is COc1nc(N)nc(Nc2ccc(C)cc2)c1N[O-]. The summed E-state index contributed by atoms with van der Waals surface area (Å²) >= 11 is 0. The van der Waals surface area contributed by atoms with Crippen LogP contribution in [0.15, 0.2) is 24.3 Å². The van der Waals surface area contributed by atoms with Crippen molar-refractivity contribution in [2.24, 2.45) is 0 Å². The summed E-state index contributed by atoms with van der Waals surface area (Å²) in [6.45, 7) is 1.99. The van der Waals surface area contributed by atoms with Gasteiger partial charge in [0, 0.05) is 5.69 Å². The Hall–Kier alpha value is -2.54. The number of nitrogens with zero attached hydrogens (tertiary/aromatic N) is 2. The van der Waals surface area contributed by atoms with Crippen molar-refractivity contribution in [3.8, 4) is 5.88 Å². The minimum Gasteiger partial charge on any atom is -0.761 e. The number of rotatable bonds is 4. The van der Waals surface area contributed by atoms with Crippen molar-refractivity contribution in [3.63, 3.8) is 0 Å². The second kappa shape index (κ2) is 5.40. The van der Waals surface area contributed by atoms with Crippen LogP contribution in [0.1, 0.15) is 5.56 Å². The standard InChI is InChI=1S/C12H14N5O2/c1-7-3-5-8(6-4-7)14-10-9(17-18)11(19-2)16-12(13)15-10/h3-6,17H,1-2H3,(H3,13,14,15,16)/q-1. The molecular weight excluding hydrogens is 246 g/mol. The molecule has 0 saturated heterocycles. The lowest BCUT2D eigenvalue weighted by atomic mass is 10.2. The van der Waals surface area contributed by atoms with Crippen LogP contribution < -0.4 is 21.3 Å². The average molecular weight is 260 g/mol. The molecule has 0 radical (unpaired) electrons. The number of methoxy groups -OCH3 is 1. The van der Waals surface area contributed by atoms with Gasteiger partial charge in [0.2, 0.25) is 11.8 Å². The Morgan fingerprint density at radius 1 is 1.21 bits per heavy atom. The van der Waals surface area contributed by atoms with Crippen molar-refractivity contribution in [1.29, 1.82) is 0 Å². The molecule has 1 aromatic heterocycles. The number of aromatic nitrogens is 2. The highest BCUT2D eigenvalue weighted by Crippen LogP contribution is 2.31. The molecule has 0 spiro atoms. The summed E-state index contributed by atoms with van der Waals surface area (Å²) in [4.78, 5) is 7.80. The molecule has 19 heavy (non-hydrogen) atoms. The van der Waals surface area contributed by atoms with Crippen LogP contribution >= 0.6 is 0 Å². The number of ether oxygens (including phenoxy) is 1. The van der Waals surface area contributed by atoms with Gasteiger partial charge in [0.15, 0.2) is 5.82 Å². The van der Waals surface area contributed by atoms with Crippen molar-refractivity contribution in [2.75, 3.05) is 23.6 Å². The van der Waals surface area contributed by atoms with Gasteiger partial charge in [-0.25, -0.2) is 0 Å². The second-order valence-electron chi connectivity index (χ2n) is 3.91. The zero-order chi connectivity index (χ0) is 13.8. The van der Waals surface area contributed by atoms with Crippen LogP contribution in [0.25, 0.3) is 0 Å². The third kappa shape index (κ3) is 2.83. The van der Waals surface area contributed by atoms with Crippen LogP contribution in [0.3, 0.4) is 0 Å². The van der Waals surface area contributed by atoms with Gasteiger partial charge >= 0.3 is 0 Å². The molecule has 0 atom stereocenters. The minimum atomic E-state index is 0.0189. The first-order chi connectivity index (χ1) is 9.13. The Morgan fingerprint density at radius 2 is 1.89 bits per heavy atom. The number of benzene rings is 1. The smallest absolute Gasteiger partial charge is 0.243 e. The predicted molar refractivity (Wildman–Crippen MR) is 74.4 cm³/mol. The van der Waals surface area contributed by atoms with E-state index in [-0.39, 0.29) is 23.3 Å². The summed E-state index contributed by atoms with van der Waals surface area (Å²) in [5.74, 6) is 0.380. The van der Waals surface area contributed by atoms with E-state index in [2.05, 4.69) is 15.3 Å². The number of anilines is 4. The van der Waals surface area contributed by atoms with Crippen molar-refractivity contribution in [1.82, 2.24) is 9.97 Å². The van der Waals surface area contributed by atoms with Gasteiger partial charge in [-0.1, -0.05) is 17.7 Å². The number of nitrogen functional groups attached to an aromatic ring is 1. The fourth-order valence-electron chi connectivity index (χ4n) is 1.56. The average Bonchev–Trinajstić information content (AvgIpc) is 2.40. The van der Waals surface area contributed by atoms with Gasteiger partial charge in [0.05, 0.1) is 7.11 Å². The molecule has 0 bridgehead atoms. The highest BCUT2D eigenvalue weighted by Gasteiger charge is 2.11. The molecule has 0 aliphatic heterocycles. The Kier molecular flexibility index (Phi) is 3.67. The Balaban J connectivity index is 2.38. The minimum absolute atomic E-state index is 0.0189. The first-order valence-electron chi connectivity index (χ1n) is 5.57. The van der Waals surface area contributed by atoms with Gasteiger partial charge in [-0.15, -0.1) is 0 Å². The third-order valence-corrected chi connectivity index (χ3v) is 2.50. The highest BCUT2D eigenvalue weighted by molar-refractivity contribution is 5.76. The summed E-state index contributed by atoms with van der Waals surface area (Å²) < 4.78 is 4.98. The number of nitrogens with two attached hydrogens (primary N) is 1. The molecule has 0 amide bonds. The summed E-state index contributed by atoms with van der Waals surface area (Å²) in [6.07, 6.45) is 0. The topological polar surface area (TPSA) is 108 Å². The number of aryl methyl sites for hydroxylation is 1. The monoisotopic (exact) mass is 260 g/mol. The van der Waals surface area contributed by atoms with E-state index in [1.165, 1.54) is 7.11 Å². The van der Waals surface area contributed by atoms with E-state index in [4.69, 9.17) is 10.5 Å². The summed E-state index contributed by atoms with van der Waals surface area (Å²) in [5, 5.41) is 14.0. The molecule has 2 aromatic rings. The van der Waals surface area contributed by atoms with Crippen molar-refractivity contribution < 1.29 is 4.74 Å². The lowest BCUT2D eigenvalue weighted by molar-refractivity contribution is 0.400. The van der Waals surface area contributed by atoms with Crippen molar-refractivity contribution >= 4 is 23.1 Å². The normalized spacial score (nSPS) is 10.1.